The molecule has 2 fully saturated rings. The average molecular weight is 260 g/mol. The highest BCUT2D eigenvalue weighted by molar-refractivity contribution is 5.57. The van der Waals surface area contributed by atoms with Gasteiger partial charge in [0.15, 0.2) is 0 Å². The van der Waals surface area contributed by atoms with Crippen LogP contribution in [-0.2, 0) is 6.42 Å². The molecule has 0 amide bonds. The Bertz CT molecular complexity index is 459. The van der Waals surface area contributed by atoms with Crippen molar-refractivity contribution in [1.29, 1.82) is 0 Å². The van der Waals surface area contributed by atoms with E-state index < -0.39 is 0 Å². The summed E-state index contributed by atoms with van der Waals surface area (Å²) in [5, 5.41) is 0. The minimum Gasteiger partial charge on any atom is -0.383 e. The maximum atomic E-state index is 6.06. The number of rotatable bonds is 3. The molecule has 0 aromatic carbocycles. The van der Waals surface area contributed by atoms with Gasteiger partial charge in [-0.1, -0.05) is 13.3 Å². The van der Waals surface area contributed by atoms with Gasteiger partial charge in [-0.2, -0.15) is 0 Å². The zero-order chi connectivity index (χ0) is 13.4. The van der Waals surface area contributed by atoms with Gasteiger partial charge in [-0.15, -0.1) is 0 Å². The molecule has 1 aromatic heterocycles. The van der Waals surface area contributed by atoms with Gasteiger partial charge in [-0.3, -0.25) is 0 Å². The molecule has 4 nitrogen and oxygen atoms in total. The van der Waals surface area contributed by atoms with Crippen LogP contribution in [0.15, 0.2) is 0 Å². The van der Waals surface area contributed by atoms with Crippen molar-refractivity contribution in [1.82, 2.24) is 9.97 Å². The van der Waals surface area contributed by atoms with Crippen molar-refractivity contribution < 1.29 is 0 Å². The van der Waals surface area contributed by atoms with Crippen molar-refractivity contribution in [3.63, 3.8) is 0 Å². The van der Waals surface area contributed by atoms with Crippen LogP contribution in [0.4, 0.5) is 11.6 Å². The van der Waals surface area contributed by atoms with E-state index in [2.05, 4.69) is 23.7 Å². The number of fused-ring (bicyclic) bond motifs is 1. The van der Waals surface area contributed by atoms with Gasteiger partial charge in [0.1, 0.15) is 17.5 Å². The highest BCUT2D eigenvalue weighted by atomic mass is 15.2. The van der Waals surface area contributed by atoms with Crippen LogP contribution in [0.25, 0.3) is 0 Å². The van der Waals surface area contributed by atoms with E-state index in [0.717, 1.165) is 55.0 Å². The van der Waals surface area contributed by atoms with Crippen molar-refractivity contribution in [2.75, 3.05) is 23.7 Å². The Kier molecular flexibility index (Phi) is 3.33. The van der Waals surface area contributed by atoms with Gasteiger partial charge < -0.3 is 10.6 Å². The van der Waals surface area contributed by atoms with Crippen molar-refractivity contribution in [3.8, 4) is 0 Å². The van der Waals surface area contributed by atoms with Crippen LogP contribution in [0, 0.1) is 18.8 Å². The topological polar surface area (TPSA) is 55.0 Å². The molecule has 19 heavy (non-hydrogen) atoms. The first-order chi connectivity index (χ1) is 9.19. The third kappa shape index (κ3) is 2.28. The Morgan fingerprint density at radius 3 is 2.53 bits per heavy atom. The van der Waals surface area contributed by atoms with Gasteiger partial charge in [0, 0.05) is 25.1 Å². The number of aromatic nitrogens is 2. The van der Waals surface area contributed by atoms with E-state index in [1.165, 1.54) is 19.3 Å². The summed E-state index contributed by atoms with van der Waals surface area (Å²) in [4.78, 5) is 11.6. The van der Waals surface area contributed by atoms with Crippen LogP contribution < -0.4 is 10.6 Å². The number of anilines is 2. The fourth-order valence-electron chi connectivity index (χ4n) is 3.62. The van der Waals surface area contributed by atoms with Crippen molar-refractivity contribution in [2.45, 2.75) is 46.0 Å². The molecule has 2 heterocycles. The van der Waals surface area contributed by atoms with Gasteiger partial charge >= 0.3 is 0 Å². The van der Waals surface area contributed by atoms with Crippen LogP contribution in [0.5, 0.6) is 0 Å². The molecule has 2 N–H and O–H groups in total. The minimum absolute atomic E-state index is 0.658. The van der Waals surface area contributed by atoms with E-state index in [0.29, 0.717) is 5.82 Å². The normalized spacial score (nSPS) is 25.9. The second kappa shape index (κ2) is 4.99. The summed E-state index contributed by atoms with van der Waals surface area (Å²) in [7, 11) is 0. The predicted octanol–water partition coefficient (Wildman–Crippen LogP) is 2.56. The summed E-state index contributed by atoms with van der Waals surface area (Å²) in [6.07, 6.45) is 6.17. The molecule has 1 saturated heterocycles. The standard InChI is InChI=1S/C15H24N4/c1-3-5-13-17-14(16)10(2)15(18-13)19-8-11-6-4-7-12(11)9-19/h11-12H,3-9H2,1-2H3,(H2,16,17,18). The molecule has 1 saturated carbocycles. The van der Waals surface area contributed by atoms with Crippen LogP contribution >= 0.6 is 0 Å². The summed E-state index contributed by atoms with van der Waals surface area (Å²) < 4.78 is 0. The van der Waals surface area contributed by atoms with Gasteiger partial charge in [-0.05, 0) is 38.0 Å². The molecule has 0 radical (unpaired) electrons. The van der Waals surface area contributed by atoms with E-state index in [4.69, 9.17) is 10.7 Å². The Morgan fingerprint density at radius 1 is 1.21 bits per heavy atom. The Morgan fingerprint density at radius 2 is 1.89 bits per heavy atom. The van der Waals surface area contributed by atoms with Gasteiger partial charge in [-0.25, -0.2) is 9.97 Å². The number of hydrogen-bond acceptors (Lipinski definition) is 4. The second-order valence-electron chi connectivity index (χ2n) is 6.08. The number of nitrogens with zero attached hydrogens (tertiary/aromatic N) is 3. The van der Waals surface area contributed by atoms with Gasteiger partial charge in [0.2, 0.25) is 0 Å². The smallest absolute Gasteiger partial charge is 0.137 e. The van der Waals surface area contributed by atoms with Crippen LogP contribution in [0.3, 0.4) is 0 Å². The van der Waals surface area contributed by atoms with Crippen LogP contribution in [-0.4, -0.2) is 23.1 Å². The first kappa shape index (κ1) is 12.7. The third-order valence-corrected chi connectivity index (χ3v) is 4.70. The lowest BCUT2D eigenvalue weighted by molar-refractivity contribution is 0.494. The first-order valence-electron chi connectivity index (χ1n) is 7.57. The quantitative estimate of drug-likeness (QED) is 0.907. The molecule has 1 aliphatic carbocycles. The number of nitrogen functional groups attached to an aromatic ring is 1. The number of aryl methyl sites for hydroxylation is 1. The summed E-state index contributed by atoms with van der Waals surface area (Å²) in [6, 6.07) is 0. The van der Waals surface area contributed by atoms with Crippen molar-refractivity contribution >= 4 is 11.6 Å². The van der Waals surface area contributed by atoms with Crippen molar-refractivity contribution in [2.24, 2.45) is 11.8 Å². The lowest BCUT2D eigenvalue weighted by atomic mass is 10.0. The fraction of sp³-hybridized carbons (Fsp3) is 0.733. The highest BCUT2D eigenvalue weighted by Crippen LogP contribution is 2.40. The Balaban J connectivity index is 1.87. The predicted molar refractivity (Wildman–Crippen MR) is 78.2 cm³/mol. The lowest BCUT2D eigenvalue weighted by Gasteiger charge is -2.21. The van der Waals surface area contributed by atoms with E-state index in [1.807, 2.05) is 0 Å². The molecular weight excluding hydrogens is 236 g/mol. The first-order valence-corrected chi connectivity index (χ1v) is 7.57. The summed E-state index contributed by atoms with van der Waals surface area (Å²) in [6.45, 7) is 6.52. The van der Waals surface area contributed by atoms with Gasteiger partial charge in [0.25, 0.3) is 0 Å². The lowest BCUT2D eigenvalue weighted by Crippen LogP contribution is -2.24. The Labute approximate surface area is 115 Å². The Hall–Kier alpha value is -1.32. The van der Waals surface area contributed by atoms with E-state index in [-0.39, 0.29) is 0 Å². The third-order valence-electron chi connectivity index (χ3n) is 4.70. The SMILES string of the molecule is CCCc1nc(N)c(C)c(N2CC3CCCC3C2)n1. The van der Waals surface area contributed by atoms with Crippen molar-refractivity contribution in [3.05, 3.63) is 11.4 Å². The maximum Gasteiger partial charge on any atom is 0.137 e. The molecule has 0 spiro atoms. The van der Waals surface area contributed by atoms with E-state index >= 15 is 0 Å². The zero-order valence-corrected chi connectivity index (χ0v) is 12.0. The molecule has 3 rings (SSSR count). The number of nitrogens with two attached hydrogens (primary N) is 1. The van der Waals surface area contributed by atoms with Crippen LogP contribution in [0.1, 0.15) is 44.0 Å². The summed E-state index contributed by atoms with van der Waals surface area (Å²) in [5.41, 5.74) is 7.11. The van der Waals surface area contributed by atoms with Gasteiger partial charge in [0.05, 0.1) is 0 Å². The molecule has 4 heteroatoms. The van der Waals surface area contributed by atoms with Crippen LogP contribution in [0.2, 0.25) is 0 Å². The monoisotopic (exact) mass is 260 g/mol. The maximum absolute atomic E-state index is 6.06. The molecular formula is C15H24N4. The second-order valence-corrected chi connectivity index (χ2v) is 6.08. The molecule has 2 atom stereocenters. The molecule has 2 aliphatic rings. The highest BCUT2D eigenvalue weighted by Gasteiger charge is 2.37. The molecule has 1 aromatic rings. The summed E-state index contributed by atoms with van der Waals surface area (Å²) >= 11 is 0. The molecule has 2 unspecified atom stereocenters. The largest absolute Gasteiger partial charge is 0.383 e. The van der Waals surface area contributed by atoms with E-state index in [1.54, 1.807) is 0 Å². The number of hydrogen-bond donors (Lipinski definition) is 1. The minimum atomic E-state index is 0.658. The fourth-order valence-corrected chi connectivity index (χ4v) is 3.62. The molecule has 104 valence electrons. The average Bonchev–Trinajstić information content (AvgIpc) is 2.94. The summed E-state index contributed by atoms with van der Waals surface area (Å²) in [5.74, 6) is 4.41. The molecule has 1 aliphatic heterocycles. The van der Waals surface area contributed by atoms with E-state index in [9.17, 15) is 0 Å². The zero-order valence-electron chi connectivity index (χ0n) is 12.0. The molecule has 0 bridgehead atoms.